The fourth-order valence-corrected chi connectivity index (χ4v) is 2.61. The molecule has 18 heavy (non-hydrogen) atoms. The molecule has 6 heteroatoms. The maximum atomic E-state index is 13.9. The summed E-state index contributed by atoms with van der Waals surface area (Å²) < 4.78 is 14.7. The van der Waals surface area contributed by atoms with E-state index in [1.807, 2.05) is 0 Å². The summed E-state index contributed by atoms with van der Waals surface area (Å²) in [4.78, 5) is 17.1. The molecule has 1 fully saturated rings. The van der Waals surface area contributed by atoms with Gasteiger partial charge in [-0.1, -0.05) is 15.9 Å². The Morgan fingerprint density at radius 1 is 1.44 bits per heavy atom. The van der Waals surface area contributed by atoms with Gasteiger partial charge in [0.25, 0.3) is 0 Å². The maximum absolute atomic E-state index is 13.9. The van der Waals surface area contributed by atoms with Crippen molar-refractivity contribution in [3.8, 4) is 0 Å². The van der Waals surface area contributed by atoms with E-state index < -0.39 is 6.04 Å². The zero-order valence-corrected chi connectivity index (χ0v) is 11.0. The van der Waals surface area contributed by atoms with Gasteiger partial charge in [0.15, 0.2) is 0 Å². The Balaban J connectivity index is 2.05. The van der Waals surface area contributed by atoms with Gasteiger partial charge in [0.2, 0.25) is 0 Å². The number of rotatable bonds is 2. The van der Waals surface area contributed by atoms with Crippen molar-refractivity contribution in [2.24, 2.45) is 10.7 Å². The van der Waals surface area contributed by atoms with Crippen molar-refractivity contribution in [3.05, 3.63) is 34.1 Å². The Morgan fingerprint density at radius 2 is 2.17 bits per heavy atom. The van der Waals surface area contributed by atoms with Crippen LogP contribution in [0.25, 0.3) is 0 Å². The van der Waals surface area contributed by atoms with E-state index >= 15 is 0 Å². The third-order valence-electron chi connectivity index (χ3n) is 3.20. The summed E-state index contributed by atoms with van der Waals surface area (Å²) in [7, 11) is 0. The lowest BCUT2D eigenvalue weighted by Crippen LogP contribution is -2.35. The highest BCUT2D eigenvalue weighted by Crippen LogP contribution is 2.39. The first-order valence-electron chi connectivity index (χ1n) is 5.69. The largest absolute Gasteiger partial charge is 0.385 e. The number of hydrogen-bond acceptors (Lipinski definition) is 2. The zero-order chi connectivity index (χ0) is 12.9. The average Bonchev–Trinajstić information content (AvgIpc) is 3.09. The predicted octanol–water partition coefficient (Wildman–Crippen LogP) is 2.58. The Labute approximate surface area is 112 Å². The number of nitrogens with two attached hydrogens (primary N) is 1. The lowest BCUT2D eigenvalue weighted by molar-refractivity contribution is 0.202. The van der Waals surface area contributed by atoms with E-state index in [0.717, 1.165) is 17.3 Å². The van der Waals surface area contributed by atoms with Crippen LogP contribution >= 0.6 is 15.9 Å². The number of amides is 2. The molecule has 1 heterocycles. The summed E-state index contributed by atoms with van der Waals surface area (Å²) in [5.41, 5.74) is 6.17. The molecule has 2 aliphatic rings. The highest BCUT2D eigenvalue weighted by molar-refractivity contribution is 9.10. The van der Waals surface area contributed by atoms with E-state index in [0.29, 0.717) is 5.56 Å². The number of hydrogen-bond donors (Lipinski definition) is 1. The molecule has 0 bridgehead atoms. The fraction of sp³-hybridized carbons (Fsp3) is 0.333. The fourth-order valence-electron chi connectivity index (χ4n) is 2.24. The topological polar surface area (TPSA) is 58.7 Å². The molecule has 1 unspecified atom stereocenters. The molecule has 1 aromatic carbocycles. The van der Waals surface area contributed by atoms with Crippen LogP contribution in [0.15, 0.2) is 27.7 Å². The summed E-state index contributed by atoms with van der Waals surface area (Å²) in [6, 6.07) is 3.84. The predicted molar refractivity (Wildman–Crippen MR) is 68.7 cm³/mol. The highest BCUT2D eigenvalue weighted by atomic mass is 79.9. The Morgan fingerprint density at radius 3 is 2.83 bits per heavy atom. The van der Waals surface area contributed by atoms with Crippen molar-refractivity contribution in [3.63, 3.8) is 0 Å². The van der Waals surface area contributed by atoms with E-state index in [-0.39, 0.29) is 23.7 Å². The molecule has 2 N–H and O–H groups in total. The zero-order valence-electron chi connectivity index (χ0n) is 9.44. The molecule has 1 atom stereocenters. The second kappa shape index (κ2) is 4.05. The number of benzene rings is 1. The molecular weight excluding hydrogens is 301 g/mol. The van der Waals surface area contributed by atoms with Gasteiger partial charge in [0.1, 0.15) is 17.7 Å². The second-order valence-electron chi connectivity index (χ2n) is 4.53. The molecule has 2 amide bonds. The molecule has 94 valence electrons. The average molecular weight is 312 g/mol. The quantitative estimate of drug-likeness (QED) is 0.912. The van der Waals surface area contributed by atoms with Crippen molar-refractivity contribution in [2.75, 3.05) is 0 Å². The van der Waals surface area contributed by atoms with E-state index in [2.05, 4.69) is 20.9 Å². The smallest absolute Gasteiger partial charge is 0.346 e. The Kier molecular flexibility index (Phi) is 2.62. The normalized spacial score (nSPS) is 23.4. The summed E-state index contributed by atoms with van der Waals surface area (Å²) in [6.07, 6.45) is 1.86. The van der Waals surface area contributed by atoms with Gasteiger partial charge >= 0.3 is 6.03 Å². The van der Waals surface area contributed by atoms with Crippen LogP contribution in [-0.4, -0.2) is 22.8 Å². The molecule has 0 spiro atoms. The molecule has 0 saturated heterocycles. The maximum Gasteiger partial charge on any atom is 0.346 e. The number of aliphatic imine (C=N–C) groups is 1. The molecule has 1 aliphatic heterocycles. The van der Waals surface area contributed by atoms with Crippen LogP contribution in [0, 0.1) is 5.82 Å². The Hall–Kier alpha value is -1.43. The second-order valence-corrected chi connectivity index (χ2v) is 5.44. The minimum atomic E-state index is -0.567. The molecule has 1 aliphatic carbocycles. The number of nitrogens with zero attached hydrogens (tertiary/aromatic N) is 2. The number of carbonyl (C=O) groups excluding carboxylic acids is 1. The summed E-state index contributed by atoms with van der Waals surface area (Å²) in [5.74, 6) is -0.203. The van der Waals surface area contributed by atoms with Crippen LogP contribution in [0.3, 0.4) is 0 Å². The minimum Gasteiger partial charge on any atom is -0.385 e. The van der Waals surface area contributed by atoms with Crippen LogP contribution in [0.4, 0.5) is 9.18 Å². The van der Waals surface area contributed by atoms with Crippen LogP contribution in [0.2, 0.25) is 0 Å². The van der Waals surface area contributed by atoms with E-state index in [4.69, 9.17) is 5.73 Å². The van der Waals surface area contributed by atoms with E-state index in [1.165, 1.54) is 6.07 Å². The van der Waals surface area contributed by atoms with Crippen molar-refractivity contribution in [1.29, 1.82) is 0 Å². The van der Waals surface area contributed by atoms with Gasteiger partial charge in [0.05, 0.1) is 0 Å². The summed E-state index contributed by atoms with van der Waals surface area (Å²) >= 11 is 3.30. The van der Waals surface area contributed by atoms with Gasteiger partial charge in [-0.2, -0.15) is 4.99 Å². The van der Waals surface area contributed by atoms with Gasteiger partial charge in [-0.15, -0.1) is 0 Å². The number of urea groups is 1. The molecule has 1 aromatic rings. The molecular formula is C12H11BrFN3O. The Bertz CT molecular complexity index is 556. The standard InChI is InChI=1S/C12H11BrFN3O/c13-6-1-4-9(14)8(5-6)10-11(15)16-12(18)17(10)7-2-3-7/h1,4-5,7,10H,2-3H2,(H2,15,16,18). The van der Waals surface area contributed by atoms with E-state index in [9.17, 15) is 9.18 Å². The van der Waals surface area contributed by atoms with Gasteiger partial charge in [-0.05, 0) is 31.0 Å². The third kappa shape index (κ3) is 1.80. The minimum absolute atomic E-state index is 0.144. The summed E-state index contributed by atoms with van der Waals surface area (Å²) in [6.45, 7) is 0. The van der Waals surface area contributed by atoms with Crippen LogP contribution in [0.5, 0.6) is 0 Å². The molecule has 3 rings (SSSR count). The number of carbonyl (C=O) groups is 1. The monoisotopic (exact) mass is 311 g/mol. The summed E-state index contributed by atoms with van der Waals surface area (Å²) in [5, 5.41) is 0. The lowest BCUT2D eigenvalue weighted by Gasteiger charge is -2.24. The third-order valence-corrected chi connectivity index (χ3v) is 3.69. The molecule has 1 saturated carbocycles. The SMILES string of the molecule is NC1=NC(=O)N(C2CC2)C1c1cc(Br)ccc1F. The van der Waals surface area contributed by atoms with Gasteiger partial charge in [-0.3, -0.25) is 0 Å². The first-order chi connectivity index (χ1) is 8.58. The number of halogens is 2. The van der Waals surface area contributed by atoms with Crippen LogP contribution in [-0.2, 0) is 0 Å². The van der Waals surface area contributed by atoms with Crippen molar-refractivity contribution in [1.82, 2.24) is 4.90 Å². The lowest BCUT2D eigenvalue weighted by atomic mass is 10.0. The van der Waals surface area contributed by atoms with Crippen molar-refractivity contribution < 1.29 is 9.18 Å². The first-order valence-corrected chi connectivity index (χ1v) is 6.48. The van der Waals surface area contributed by atoms with Crippen LogP contribution < -0.4 is 5.73 Å². The molecule has 0 aromatic heterocycles. The van der Waals surface area contributed by atoms with Gasteiger partial charge in [0, 0.05) is 16.1 Å². The number of amidine groups is 1. The first kappa shape index (κ1) is 11.6. The molecule has 4 nitrogen and oxygen atoms in total. The van der Waals surface area contributed by atoms with Crippen molar-refractivity contribution in [2.45, 2.75) is 24.9 Å². The van der Waals surface area contributed by atoms with E-state index in [1.54, 1.807) is 17.0 Å². The van der Waals surface area contributed by atoms with Crippen LogP contribution in [0.1, 0.15) is 24.4 Å². The molecule has 0 radical (unpaired) electrons. The van der Waals surface area contributed by atoms with Gasteiger partial charge in [-0.25, -0.2) is 9.18 Å². The van der Waals surface area contributed by atoms with Crippen molar-refractivity contribution >= 4 is 27.8 Å². The van der Waals surface area contributed by atoms with Gasteiger partial charge < -0.3 is 10.6 Å². The highest BCUT2D eigenvalue weighted by Gasteiger charge is 2.44.